The summed E-state index contributed by atoms with van der Waals surface area (Å²) >= 11 is 6.15. The smallest absolute Gasteiger partial charge is 0.416 e. The number of rotatable bonds is 5. The minimum Gasteiger partial charge on any atom is -0.481 e. The Balaban J connectivity index is 2.50. The van der Waals surface area contributed by atoms with Gasteiger partial charge in [-0.2, -0.15) is 13.2 Å². The zero-order valence-electron chi connectivity index (χ0n) is 13.8. The topological polar surface area (TPSA) is 84.9 Å². The predicted molar refractivity (Wildman–Crippen MR) is 91.0 cm³/mol. The lowest BCUT2D eigenvalue weighted by Crippen LogP contribution is -2.11. The molecule has 0 spiro atoms. The molecule has 6 nitrogen and oxygen atoms in total. The fourth-order valence-corrected chi connectivity index (χ4v) is 2.44. The molecular formula is C17H13ClF3NO5. The Morgan fingerprint density at radius 2 is 1.85 bits per heavy atom. The summed E-state index contributed by atoms with van der Waals surface area (Å²) in [5.74, 6) is -1.37. The van der Waals surface area contributed by atoms with Crippen molar-refractivity contribution in [2.45, 2.75) is 6.18 Å². The molecule has 0 aromatic heterocycles. The molecule has 2 rings (SSSR count). The predicted octanol–water partition coefficient (Wildman–Crippen LogP) is 4.67. The number of ether oxygens (including phenoxy) is 2. The van der Waals surface area contributed by atoms with Crippen molar-refractivity contribution in [3.05, 3.63) is 47.0 Å². The number of halogens is 4. The third-order valence-electron chi connectivity index (χ3n) is 3.35. The molecule has 2 N–H and O–H groups in total. The van der Waals surface area contributed by atoms with Crippen LogP contribution < -0.4 is 10.1 Å². The first kappa shape index (κ1) is 20.4. The fraction of sp³-hybridized carbons (Fsp3) is 0.176. The van der Waals surface area contributed by atoms with Gasteiger partial charge in [0, 0.05) is 16.8 Å². The third kappa shape index (κ3) is 5.27. The van der Waals surface area contributed by atoms with Crippen LogP contribution in [-0.2, 0) is 15.7 Å². The number of carbonyl (C=O) groups excluding carboxylic acids is 1. The van der Waals surface area contributed by atoms with Gasteiger partial charge in [0.1, 0.15) is 5.75 Å². The van der Waals surface area contributed by atoms with Crippen LogP contribution in [-0.4, -0.2) is 30.9 Å². The highest BCUT2D eigenvalue weighted by Gasteiger charge is 2.31. The molecule has 0 saturated heterocycles. The Labute approximate surface area is 156 Å². The lowest BCUT2D eigenvalue weighted by atomic mass is 10.0. The van der Waals surface area contributed by atoms with Gasteiger partial charge in [-0.1, -0.05) is 17.7 Å². The molecule has 144 valence electrons. The summed E-state index contributed by atoms with van der Waals surface area (Å²) in [6.07, 6.45) is -5.36. The van der Waals surface area contributed by atoms with Crippen LogP contribution in [0.15, 0.2) is 36.4 Å². The zero-order valence-corrected chi connectivity index (χ0v) is 14.5. The molecule has 0 bridgehead atoms. The van der Waals surface area contributed by atoms with Crippen LogP contribution in [0.25, 0.3) is 11.1 Å². The molecule has 2 aromatic carbocycles. The van der Waals surface area contributed by atoms with Gasteiger partial charge in [-0.25, -0.2) is 9.59 Å². The first-order chi connectivity index (χ1) is 12.6. The van der Waals surface area contributed by atoms with Gasteiger partial charge < -0.3 is 14.6 Å². The molecule has 0 aliphatic rings. The second-order valence-electron chi connectivity index (χ2n) is 5.20. The van der Waals surface area contributed by atoms with Gasteiger partial charge in [0.15, 0.2) is 6.61 Å². The van der Waals surface area contributed by atoms with E-state index in [1.165, 1.54) is 25.3 Å². The van der Waals surface area contributed by atoms with E-state index in [0.717, 1.165) is 18.2 Å². The van der Waals surface area contributed by atoms with Crippen molar-refractivity contribution in [3.63, 3.8) is 0 Å². The lowest BCUT2D eigenvalue weighted by molar-refractivity contribution is -0.140. The van der Waals surface area contributed by atoms with Crippen LogP contribution >= 0.6 is 11.6 Å². The molecule has 10 heteroatoms. The third-order valence-corrected chi connectivity index (χ3v) is 3.66. The Hall–Kier alpha value is -2.94. The van der Waals surface area contributed by atoms with E-state index in [4.69, 9.17) is 21.4 Å². The number of alkyl halides is 3. The summed E-state index contributed by atoms with van der Waals surface area (Å²) in [6, 6.07) is 6.71. The maximum absolute atomic E-state index is 13.0. The van der Waals surface area contributed by atoms with E-state index < -0.39 is 30.4 Å². The van der Waals surface area contributed by atoms with E-state index in [1.54, 1.807) is 0 Å². The van der Waals surface area contributed by atoms with Gasteiger partial charge in [-0.3, -0.25) is 5.32 Å². The van der Waals surface area contributed by atoms with Gasteiger partial charge in [0.2, 0.25) is 0 Å². The largest absolute Gasteiger partial charge is 0.481 e. The van der Waals surface area contributed by atoms with E-state index in [-0.39, 0.29) is 27.6 Å². The Morgan fingerprint density at radius 3 is 2.41 bits per heavy atom. The first-order valence-electron chi connectivity index (χ1n) is 7.32. The highest BCUT2D eigenvalue weighted by atomic mass is 35.5. The van der Waals surface area contributed by atoms with Gasteiger partial charge in [-0.05, 0) is 30.3 Å². The fourth-order valence-electron chi connectivity index (χ4n) is 2.16. The minimum absolute atomic E-state index is 0.0170. The quantitative estimate of drug-likeness (QED) is 0.758. The molecule has 0 fully saturated rings. The molecule has 1 amide bonds. The van der Waals surface area contributed by atoms with Gasteiger partial charge in [0.05, 0.1) is 17.7 Å². The average Bonchev–Trinajstić information content (AvgIpc) is 2.59. The second kappa shape index (κ2) is 8.17. The van der Waals surface area contributed by atoms with Crippen LogP contribution in [0.5, 0.6) is 5.75 Å². The number of carboxylic acid groups (broad SMARTS) is 1. The number of methoxy groups -OCH3 is 1. The molecule has 2 aromatic rings. The molecule has 0 saturated carbocycles. The summed E-state index contributed by atoms with van der Waals surface area (Å²) in [6.45, 7) is -0.738. The molecule has 0 atom stereocenters. The number of amides is 1. The molecule has 0 radical (unpaired) electrons. The lowest BCUT2D eigenvalue weighted by Gasteiger charge is -2.15. The van der Waals surface area contributed by atoms with Crippen molar-refractivity contribution in [3.8, 4) is 16.9 Å². The highest BCUT2D eigenvalue weighted by Crippen LogP contribution is 2.40. The number of aliphatic carboxylic acids is 1. The van der Waals surface area contributed by atoms with E-state index in [2.05, 4.69) is 10.1 Å². The van der Waals surface area contributed by atoms with Gasteiger partial charge >= 0.3 is 18.2 Å². The zero-order chi connectivity index (χ0) is 20.2. The van der Waals surface area contributed by atoms with Crippen molar-refractivity contribution >= 4 is 29.4 Å². The second-order valence-corrected chi connectivity index (χ2v) is 5.61. The molecule has 27 heavy (non-hydrogen) atoms. The molecule has 0 aliphatic heterocycles. The molecular weight excluding hydrogens is 391 g/mol. The molecule has 0 unspecified atom stereocenters. The van der Waals surface area contributed by atoms with Crippen molar-refractivity contribution in [1.82, 2.24) is 0 Å². The van der Waals surface area contributed by atoms with Crippen LogP contribution in [0.4, 0.5) is 23.7 Å². The number of hydrogen-bond acceptors (Lipinski definition) is 4. The molecule has 0 heterocycles. The Kier molecular flexibility index (Phi) is 6.17. The minimum atomic E-state index is -4.61. The van der Waals surface area contributed by atoms with E-state index in [1.807, 2.05) is 0 Å². The van der Waals surface area contributed by atoms with Crippen molar-refractivity contribution in [2.24, 2.45) is 0 Å². The normalized spacial score (nSPS) is 11.0. The standard InChI is InChI=1S/C17H13ClF3NO5/c1-26-16(25)22-10-3-4-11(13(18)7-10)12-6-9(17(19,20)21)2-5-14(12)27-8-15(23)24/h2-7H,8H2,1H3,(H,22,25)(H,23,24). The first-order valence-corrected chi connectivity index (χ1v) is 7.70. The van der Waals surface area contributed by atoms with E-state index in [9.17, 15) is 22.8 Å². The van der Waals surface area contributed by atoms with E-state index in [0.29, 0.717) is 0 Å². The van der Waals surface area contributed by atoms with Crippen LogP contribution in [0.3, 0.4) is 0 Å². The van der Waals surface area contributed by atoms with Gasteiger partial charge in [0.25, 0.3) is 0 Å². The summed E-state index contributed by atoms with van der Waals surface area (Å²) < 4.78 is 48.7. The highest BCUT2D eigenvalue weighted by molar-refractivity contribution is 6.33. The summed E-state index contributed by atoms with van der Waals surface area (Å²) in [5.41, 5.74) is -0.567. The Morgan fingerprint density at radius 1 is 1.15 bits per heavy atom. The SMILES string of the molecule is COC(=O)Nc1ccc(-c2cc(C(F)(F)F)ccc2OCC(=O)O)c(Cl)c1. The number of nitrogens with one attached hydrogen (secondary N) is 1. The number of benzene rings is 2. The van der Waals surface area contributed by atoms with Crippen molar-refractivity contribution in [1.29, 1.82) is 0 Å². The maximum atomic E-state index is 13.0. The van der Waals surface area contributed by atoms with Crippen LogP contribution in [0.2, 0.25) is 5.02 Å². The van der Waals surface area contributed by atoms with Gasteiger partial charge in [-0.15, -0.1) is 0 Å². The number of anilines is 1. The number of carbonyl (C=O) groups is 2. The van der Waals surface area contributed by atoms with E-state index >= 15 is 0 Å². The Bertz CT molecular complexity index is 870. The summed E-state index contributed by atoms with van der Waals surface area (Å²) in [4.78, 5) is 21.9. The number of hydrogen-bond donors (Lipinski definition) is 2. The average molecular weight is 404 g/mol. The summed E-state index contributed by atoms with van der Waals surface area (Å²) in [7, 11) is 1.17. The number of carboxylic acids is 1. The maximum Gasteiger partial charge on any atom is 0.416 e. The van der Waals surface area contributed by atoms with Crippen LogP contribution in [0, 0.1) is 0 Å². The summed E-state index contributed by atoms with van der Waals surface area (Å²) in [5, 5.41) is 11.1. The van der Waals surface area contributed by atoms with Crippen molar-refractivity contribution in [2.75, 3.05) is 19.0 Å². The molecule has 0 aliphatic carbocycles. The monoisotopic (exact) mass is 403 g/mol. The van der Waals surface area contributed by atoms with Crippen LogP contribution in [0.1, 0.15) is 5.56 Å². The van der Waals surface area contributed by atoms with Crippen molar-refractivity contribution < 1.29 is 37.3 Å².